The predicted octanol–water partition coefficient (Wildman–Crippen LogP) is 3.37. The molecule has 0 heterocycles. The van der Waals surface area contributed by atoms with E-state index in [4.69, 9.17) is 28.9 Å². The lowest BCUT2D eigenvalue weighted by Gasteiger charge is -2.39. The molecule has 1 nitrogen and oxygen atoms in total. The first-order chi connectivity index (χ1) is 6.98. The molecule has 0 amide bonds. The summed E-state index contributed by atoms with van der Waals surface area (Å²) < 4.78 is 14.0. The predicted molar refractivity (Wildman–Crippen MR) is 61.2 cm³/mol. The molecule has 0 aromatic heterocycles. The highest BCUT2D eigenvalue weighted by molar-refractivity contribution is 6.33. The molecule has 1 aromatic rings. The Kier molecular flexibility index (Phi) is 2.93. The lowest BCUT2D eigenvalue weighted by Crippen LogP contribution is -2.49. The van der Waals surface area contributed by atoms with Crippen LogP contribution >= 0.6 is 23.2 Å². The van der Waals surface area contributed by atoms with E-state index >= 15 is 0 Å². The Morgan fingerprint density at radius 1 is 1.40 bits per heavy atom. The van der Waals surface area contributed by atoms with Gasteiger partial charge in [0.15, 0.2) is 0 Å². The fourth-order valence-electron chi connectivity index (χ4n) is 2.04. The first-order valence-electron chi connectivity index (χ1n) is 4.87. The molecule has 2 rings (SSSR count). The van der Waals surface area contributed by atoms with Crippen LogP contribution < -0.4 is 5.73 Å². The topological polar surface area (TPSA) is 26.0 Å². The highest BCUT2D eigenvalue weighted by atomic mass is 35.5. The maximum atomic E-state index is 14.0. The molecule has 0 atom stereocenters. The Bertz CT molecular complexity index is 375. The summed E-state index contributed by atoms with van der Waals surface area (Å²) in [4.78, 5) is 0. The Morgan fingerprint density at radius 2 is 2.07 bits per heavy atom. The van der Waals surface area contributed by atoms with Crippen LogP contribution in [0.15, 0.2) is 18.2 Å². The molecule has 1 aliphatic carbocycles. The molecule has 0 saturated heterocycles. The van der Waals surface area contributed by atoms with Crippen molar-refractivity contribution in [1.82, 2.24) is 0 Å². The van der Waals surface area contributed by atoms with Gasteiger partial charge in [0.25, 0.3) is 0 Å². The van der Waals surface area contributed by atoms with Crippen molar-refractivity contribution in [2.24, 2.45) is 5.73 Å². The van der Waals surface area contributed by atoms with Crippen molar-refractivity contribution in [2.45, 2.75) is 31.0 Å². The third-order valence-electron chi connectivity index (χ3n) is 2.77. The van der Waals surface area contributed by atoms with Gasteiger partial charge in [0.1, 0.15) is 5.67 Å². The van der Waals surface area contributed by atoms with Gasteiger partial charge < -0.3 is 5.73 Å². The minimum atomic E-state index is -1.19. The minimum absolute atomic E-state index is 0.00652. The summed E-state index contributed by atoms with van der Waals surface area (Å²) in [7, 11) is 0. The quantitative estimate of drug-likeness (QED) is 0.853. The van der Waals surface area contributed by atoms with Crippen LogP contribution in [0.1, 0.15) is 18.4 Å². The van der Waals surface area contributed by atoms with E-state index in [0.29, 0.717) is 29.3 Å². The zero-order valence-corrected chi connectivity index (χ0v) is 9.65. The number of nitrogens with two attached hydrogens (primary N) is 1. The summed E-state index contributed by atoms with van der Waals surface area (Å²) in [5.74, 6) is 0. The van der Waals surface area contributed by atoms with Crippen molar-refractivity contribution < 1.29 is 4.39 Å². The molecule has 2 N–H and O–H groups in total. The highest BCUT2D eigenvalue weighted by Gasteiger charge is 2.43. The SMILES string of the molecule is NC1CC(F)(Cc2cc(Cl)ccc2Cl)C1. The molecule has 0 radical (unpaired) electrons. The smallest absolute Gasteiger partial charge is 0.118 e. The lowest BCUT2D eigenvalue weighted by atomic mass is 9.74. The van der Waals surface area contributed by atoms with Crippen molar-refractivity contribution >= 4 is 23.2 Å². The van der Waals surface area contributed by atoms with Gasteiger partial charge in [-0.05, 0) is 36.6 Å². The van der Waals surface area contributed by atoms with Crippen molar-refractivity contribution in [2.75, 3.05) is 0 Å². The van der Waals surface area contributed by atoms with E-state index in [1.807, 2.05) is 0 Å². The van der Waals surface area contributed by atoms with Gasteiger partial charge >= 0.3 is 0 Å². The summed E-state index contributed by atoms with van der Waals surface area (Å²) in [6, 6.07) is 5.11. The van der Waals surface area contributed by atoms with Crippen LogP contribution in [-0.4, -0.2) is 11.7 Å². The fourth-order valence-corrected chi connectivity index (χ4v) is 2.42. The number of alkyl halides is 1. The molecule has 15 heavy (non-hydrogen) atoms. The van der Waals surface area contributed by atoms with E-state index in [2.05, 4.69) is 0 Å². The molecule has 4 heteroatoms. The van der Waals surface area contributed by atoms with Crippen molar-refractivity contribution in [1.29, 1.82) is 0 Å². The summed E-state index contributed by atoms with van der Waals surface area (Å²) in [5, 5.41) is 1.15. The number of hydrogen-bond acceptors (Lipinski definition) is 1. The maximum absolute atomic E-state index is 14.0. The van der Waals surface area contributed by atoms with Crippen LogP contribution in [0.5, 0.6) is 0 Å². The van der Waals surface area contributed by atoms with Gasteiger partial charge in [-0.15, -0.1) is 0 Å². The molecule has 1 fully saturated rings. The largest absolute Gasteiger partial charge is 0.327 e. The van der Waals surface area contributed by atoms with Crippen molar-refractivity contribution in [3.8, 4) is 0 Å². The zero-order chi connectivity index (χ0) is 11.1. The Hall–Kier alpha value is -0.310. The normalized spacial score (nSPS) is 30.0. The van der Waals surface area contributed by atoms with E-state index in [1.54, 1.807) is 18.2 Å². The number of hydrogen-bond donors (Lipinski definition) is 1. The molecule has 82 valence electrons. The highest BCUT2D eigenvalue weighted by Crippen LogP contribution is 2.39. The lowest BCUT2D eigenvalue weighted by molar-refractivity contribution is 0.0445. The second-order valence-electron chi connectivity index (χ2n) is 4.23. The Balaban J connectivity index is 2.14. The van der Waals surface area contributed by atoms with Crippen LogP contribution in [0.3, 0.4) is 0 Å². The average Bonchev–Trinajstić information content (AvgIpc) is 2.09. The van der Waals surface area contributed by atoms with Gasteiger partial charge in [-0.1, -0.05) is 23.2 Å². The van der Waals surface area contributed by atoms with E-state index < -0.39 is 5.67 Å². The minimum Gasteiger partial charge on any atom is -0.327 e. The van der Waals surface area contributed by atoms with Crippen molar-refractivity contribution in [3.05, 3.63) is 33.8 Å². The van der Waals surface area contributed by atoms with E-state index in [1.165, 1.54) is 0 Å². The standard InChI is InChI=1S/C11H12Cl2FN/c12-8-1-2-10(13)7(3-8)4-11(14)5-9(15)6-11/h1-3,9H,4-6,15H2. The van der Waals surface area contributed by atoms with Gasteiger partial charge in [-0.25, -0.2) is 4.39 Å². The second kappa shape index (κ2) is 3.93. The number of halogens is 3. The summed E-state index contributed by atoms with van der Waals surface area (Å²) in [6.07, 6.45) is 1.13. The fraction of sp³-hybridized carbons (Fsp3) is 0.455. The Morgan fingerprint density at radius 3 is 2.67 bits per heavy atom. The van der Waals surface area contributed by atoms with E-state index in [9.17, 15) is 4.39 Å². The number of benzene rings is 1. The van der Waals surface area contributed by atoms with Gasteiger partial charge in [-0.2, -0.15) is 0 Å². The molecule has 0 bridgehead atoms. The third-order valence-corrected chi connectivity index (χ3v) is 3.37. The molecule has 1 aromatic carbocycles. The van der Waals surface area contributed by atoms with Crippen molar-refractivity contribution in [3.63, 3.8) is 0 Å². The van der Waals surface area contributed by atoms with Gasteiger partial charge in [0.2, 0.25) is 0 Å². The molecular formula is C11H12Cl2FN. The molecule has 1 aliphatic rings. The van der Waals surface area contributed by atoms with Crippen LogP contribution in [-0.2, 0) is 6.42 Å². The van der Waals surface area contributed by atoms with Crippen LogP contribution in [0.25, 0.3) is 0 Å². The van der Waals surface area contributed by atoms with Gasteiger partial charge in [0, 0.05) is 22.5 Å². The Labute approximate surface area is 98.4 Å². The summed E-state index contributed by atoms with van der Waals surface area (Å²) in [6.45, 7) is 0. The summed E-state index contributed by atoms with van der Waals surface area (Å²) >= 11 is 11.8. The van der Waals surface area contributed by atoms with Crippen LogP contribution in [0.4, 0.5) is 4.39 Å². The molecule has 0 spiro atoms. The monoisotopic (exact) mass is 247 g/mol. The average molecular weight is 248 g/mol. The molecule has 0 unspecified atom stereocenters. The summed E-state index contributed by atoms with van der Waals surface area (Å²) in [5.41, 5.74) is 5.15. The number of rotatable bonds is 2. The molecule has 0 aliphatic heterocycles. The van der Waals surface area contributed by atoms with E-state index in [0.717, 1.165) is 5.56 Å². The maximum Gasteiger partial charge on any atom is 0.118 e. The van der Waals surface area contributed by atoms with Crippen LogP contribution in [0.2, 0.25) is 10.0 Å². The first kappa shape index (κ1) is 11.2. The second-order valence-corrected chi connectivity index (χ2v) is 5.08. The van der Waals surface area contributed by atoms with Crippen LogP contribution in [0, 0.1) is 0 Å². The molecule has 1 saturated carbocycles. The zero-order valence-electron chi connectivity index (χ0n) is 8.14. The molecular weight excluding hydrogens is 236 g/mol. The van der Waals surface area contributed by atoms with E-state index in [-0.39, 0.29) is 6.04 Å². The third kappa shape index (κ3) is 2.44. The first-order valence-corrected chi connectivity index (χ1v) is 5.62. The van der Waals surface area contributed by atoms with Gasteiger partial charge in [0.05, 0.1) is 0 Å². The van der Waals surface area contributed by atoms with Gasteiger partial charge in [-0.3, -0.25) is 0 Å².